The lowest BCUT2D eigenvalue weighted by Crippen LogP contribution is -2.05. The van der Waals surface area contributed by atoms with E-state index in [0.717, 1.165) is 24.8 Å². The molecular formula is C23H26O2. The normalized spacial score (nSPS) is 13.7. The van der Waals surface area contributed by atoms with Gasteiger partial charge in [0.2, 0.25) is 0 Å². The summed E-state index contributed by atoms with van der Waals surface area (Å²) in [5, 5.41) is 22.4. The number of hydrogen-bond acceptors (Lipinski definition) is 2. The van der Waals surface area contributed by atoms with Gasteiger partial charge in [-0.25, -0.2) is 0 Å². The SMILES string of the molecule is Cc1ccc(CC(C)CCC(O)c2ccc(O)cc2)c2ccccc12. The van der Waals surface area contributed by atoms with Crippen molar-refractivity contribution in [1.29, 1.82) is 0 Å². The van der Waals surface area contributed by atoms with Gasteiger partial charge in [-0.15, -0.1) is 0 Å². The van der Waals surface area contributed by atoms with Crippen LogP contribution in [-0.4, -0.2) is 10.2 Å². The fourth-order valence-corrected chi connectivity index (χ4v) is 3.47. The van der Waals surface area contributed by atoms with Gasteiger partial charge in [0.05, 0.1) is 6.10 Å². The maximum atomic E-state index is 10.4. The van der Waals surface area contributed by atoms with Crippen LogP contribution in [0.1, 0.15) is 42.6 Å². The highest BCUT2D eigenvalue weighted by atomic mass is 16.3. The third-order valence-electron chi connectivity index (χ3n) is 5.01. The molecule has 0 aliphatic heterocycles. The molecule has 0 saturated heterocycles. The monoisotopic (exact) mass is 334 g/mol. The summed E-state index contributed by atoms with van der Waals surface area (Å²) in [5.41, 5.74) is 3.56. The van der Waals surface area contributed by atoms with E-state index in [-0.39, 0.29) is 5.75 Å². The molecule has 2 N–H and O–H groups in total. The Balaban J connectivity index is 1.64. The van der Waals surface area contributed by atoms with Gasteiger partial charge in [-0.3, -0.25) is 0 Å². The number of aliphatic hydroxyl groups is 1. The summed E-state index contributed by atoms with van der Waals surface area (Å²) in [5.74, 6) is 0.730. The van der Waals surface area contributed by atoms with E-state index in [1.807, 2.05) is 0 Å². The minimum atomic E-state index is -0.474. The van der Waals surface area contributed by atoms with Crippen LogP contribution in [0.25, 0.3) is 10.8 Å². The fraction of sp³-hybridized carbons (Fsp3) is 0.304. The Hall–Kier alpha value is -2.32. The third kappa shape index (κ3) is 4.21. The average molecular weight is 334 g/mol. The van der Waals surface area contributed by atoms with Crippen LogP contribution in [0.3, 0.4) is 0 Å². The van der Waals surface area contributed by atoms with Gasteiger partial charge in [0.1, 0.15) is 5.75 Å². The zero-order valence-corrected chi connectivity index (χ0v) is 14.9. The first-order valence-corrected chi connectivity index (χ1v) is 8.99. The molecule has 0 heterocycles. The van der Waals surface area contributed by atoms with Crippen LogP contribution in [0.15, 0.2) is 60.7 Å². The predicted molar refractivity (Wildman–Crippen MR) is 104 cm³/mol. The summed E-state index contributed by atoms with van der Waals surface area (Å²) in [6.45, 7) is 4.40. The summed E-state index contributed by atoms with van der Waals surface area (Å²) in [4.78, 5) is 0. The molecule has 2 heteroatoms. The lowest BCUT2D eigenvalue weighted by molar-refractivity contribution is 0.158. The zero-order valence-electron chi connectivity index (χ0n) is 14.9. The predicted octanol–water partition coefficient (Wildman–Crippen LogP) is 5.55. The third-order valence-corrected chi connectivity index (χ3v) is 5.01. The van der Waals surface area contributed by atoms with E-state index in [2.05, 4.69) is 50.2 Å². The summed E-state index contributed by atoms with van der Waals surface area (Å²) in [7, 11) is 0. The van der Waals surface area contributed by atoms with Crippen LogP contribution >= 0.6 is 0 Å². The summed E-state index contributed by atoms with van der Waals surface area (Å²) < 4.78 is 0. The van der Waals surface area contributed by atoms with E-state index in [1.54, 1.807) is 24.3 Å². The van der Waals surface area contributed by atoms with E-state index >= 15 is 0 Å². The number of phenols is 1. The maximum Gasteiger partial charge on any atom is 0.115 e. The lowest BCUT2D eigenvalue weighted by atomic mass is 9.90. The molecule has 0 radical (unpaired) electrons. The molecule has 0 bridgehead atoms. The summed E-state index contributed by atoms with van der Waals surface area (Å²) in [6.07, 6.45) is 2.24. The Kier molecular flexibility index (Phi) is 5.40. The van der Waals surface area contributed by atoms with Crippen LogP contribution in [-0.2, 0) is 6.42 Å². The fourth-order valence-electron chi connectivity index (χ4n) is 3.47. The van der Waals surface area contributed by atoms with E-state index in [0.29, 0.717) is 5.92 Å². The van der Waals surface area contributed by atoms with Gasteiger partial charge in [-0.05, 0) is 71.7 Å². The number of phenolic OH excluding ortho intramolecular Hbond substituents is 1. The number of aliphatic hydroxyl groups excluding tert-OH is 1. The molecule has 0 fully saturated rings. The number of hydrogen-bond donors (Lipinski definition) is 2. The molecule has 3 aromatic carbocycles. The Morgan fingerprint density at radius 3 is 2.24 bits per heavy atom. The van der Waals surface area contributed by atoms with Gasteiger partial charge in [-0.2, -0.15) is 0 Å². The van der Waals surface area contributed by atoms with Gasteiger partial charge in [-0.1, -0.05) is 55.5 Å². The molecule has 3 rings (SSSR count). The smallest absolute Gasteiger partial charge is 0.115 e. The minimum absolute atomic E-state index is 0.232. The standard InChI is InChI=1S/C23H26O2/c1-16(7-14-23(25)18-10-12-20(24)13-11-18)15-19-9-8-17(2)21-5-3-4-6-22(19)21/h3-6,8-13,16,23-25H,7,14-15H2,1-2H3. The van der Waals surface area contributed by atoms with Crippen molar-refractivity contribution >= 4 is 10.8 Å². The highest BCUT2D eigenvalue weighted by Crippen LogP contribution is 2.27. The molecule has 2 atom stereocenters. The minimum Gasteiger partial charge on any atom is -0.508 e. The topological polar surface area (TPSA) is 40.5 Å². The van der Waals surface area contributed by atoms with Gasteiger partial charge in [0, 0.05) is 0 Å². The number of benzene rings is 3. The maximum absolute atomic E-state index is 10.4. The molecule has 0 saturated carbocycles. The van der Waals surface area contributed by atoms with Gasteiger partial charge in [0.25, 0.3) is 0 Å². The van der Waals surface area contributed by atoms with Crippen LogP contribution in [0, 0.1) is 12.8 Å². The number of aryl methyl sites for hydroxylation is 1. The average Bonchev–Trinajstić information content (AvgIpc) is 2.63. The van der Waals surface area contributed by atoms with Gasteiger partial charge < -0.3 is 10.2 Å². The second-order valence-corrected chi connectivity index (χ2v) is 7.08. The summed E-state index contributed by atoms with van der Waals surface area (Å²) >= 11 is 0. The Morgan fingerprint density at radius 2 is 1.52 bits per heavy atom. The molecule has 0 aliphatic carbocycles. The molecular weight excluding hydrogens is 308 g/mol. The first-order valence-electron chi connectivity index (χ1n) is 8.99. The second-order valence-electron chi connectivity index (χ2n) is 7.08. The molecule has 2 unspecified atom stereocenters. The lowest BCUT2D eigenvalue weighted by Gasteiger charge is -2.17. The molecule has 3 aromatic rings. The second kappa shape index (κ2) is 7.71. The van der Waals surface area contributed by atoms with Crippen molar-refractivity contribution in [2.75, 3.05) is 0 Å². The highest BCUT2D eigenvalue weighted by Gasteiger charge is 2.12. The zero-order chi connectivity index (χ0) is 17.8. The van der Waals surface area contributed by atoms with E-state index < -0.39 is 6.10 Å². The first-order chi connectivity index (χ1) is 12.0. The van der Waals surface area contributed by atoms with E-state index in [4.69, 9.17) is 0 Å². The van der Waals surface area contributed by atoms with Crippen LogP contribution in [0.5, 0.6) is 5.75 Å². The Labute approximate surface area is 149 Å². The van der Waals surface area contributed by atoms with Crippen LogP contribution < -0.4 is 0 Å². The van der Waals surface area contributed by atoms with Crippen molar-refractivity contribution in [3.63, 3.8) is 0 Å². The number of aromatic hydroxyl groups is 1. The molecule has 0 spiro atoms. The van der Waals surface area contributed by atoms with Crippen molar-refractivity contribution < 1.29 is 10.2 Å². The Bertz CT molecular complexity index is 836. The van der Waals surface area contributed by atoms with Crippen molar-refractivity contribution in [2.24, 2.45) is 5.92 Å². The van der Waals surface area contributed by atoms with Crippen molar-refractivity contribution in [3.05, 3.63) is 77.4 Å². The van der Waals surface area contributed by atoms with Gasteiger partial charge >= 0.3 is 0 Å². The van der Waals surface area contributed by atoms with Crippen molar-refractivity contribution in [3.8, 4) is 5.75 Å². The summed E-state index contributed by atoms with van der Waals surface area (Å²) in [6, 6.07) is 19.9. The highest BCUT2D eigenvalue weighted by molar-refractivity contribution is 5.88. The molecule has 0 aromatic heterocycles. The Morgan fingerprint density at radius 1 is 0.840 bits per heavy atom. The number of rotatable bonds is 6. The molecule has 130 valence electrons. The van der Waals surface area contributed by atoms with E-state index in [9.17, 15) is 10.2 Å². The van der Waals surface area contributed by atoms with Crippen molar-refractivity contribution in [2.45, 2.75) is 39.2 Å². The van der Waals surface area contributed by atoms with Crippen LogP contribution in [0.2, 0.25) is 0 Å². The van der Waals surface area contributed by atoms with E-state index in [1.165, 1.54) is 21.9 Å². The molecule has 0 aliphatic rings. The quantitative estimate of drug-likeness (QED) is 0.621. The van der Waals surface area contributed by atoms with Crippen molar-refractivity contribution in [1.82, 2.24) is 0 Å². The first kappa shape index (κ1) is 17.5. The largest absolute Gasteiger partial charge is 0.508 e. The van der Waals surface area contributed by atoms with Gasteiger partial charge in [0.15, 0.2) is 0 Å². The molecule has 25 heavy (non-hydrogen) atoms. The molecule has 2 nitrogen and oxygen atoms in total. The van der Waals surface area contributed by atoms with Crippen LogP contribution in [0.4, 0.5) is 0 Å². The molecule has 0 amide bonds. The number of fused-ring (bicyclic) bond motifs is 1.